The molecule has 0 bridgehead atoms. The van der Waals surface area contributed by atoms with Gasteiger partial charge in [-0.15, -0.1) is 0 Å². The van der Waals surface area contributed by atoms with E-state index in [0.29, 0.717) is 5.75 Å². The Kier molecular flexibility index (Phi) is 4.78. The monoisotopic (exact) mass is 135 g/mol. The maximum absolute atomic E-state index is 5.52. The summed E-state index contributed by atoms with van der Waals surface area (Å²) in [5, 5.41) is 0.789. The van der Waals surface area contributed by atoms with E-state index in [9.17, 15) is 0 Å². The van der Waals surface area contributed by atoms with Crippen molar-refractivity contribution in [3.8, 4) is 0 Å². The fourth-order valence-corrected chi connectivity index (χ4v) is 0.553. The highest BCUT2D eigenvalue weighted by molar-refractivity contribution is 7.80. The lowest BCUT2D eigenvalue weighted by Crippen LogP contribution is -1.68. The summed E-state index contributed by atoms with van der Waals surface area (Å²) < 4.78 is 0. The van der Waals surface area contributed by atoms with E-state index in [1.165, 1.54) is 0 Å². The highest BCUT2D eigenvalue weighted by Gasteiger charge is 1.81. The molecule has 2 heteroatoms. The number of hydrogen-bond acceptors (Lipinski definition) is 0. The van der Waals surface area contributed by atoms with Crippen molar-refractivity contribution in [2.45, 2.75) is 13.3 Å². The number of allylic oxidation sites excluding steroid dienone is 1. The van der Waals surface area contributed by atoms with Crippen molar-refractivity contribution >= 4 is 24.2 Å². The van der Waals surface area contributed by atoms with Gasteiger partial charge in [-0.1, -0.05) is 37.2 Å². The first kappa shape index (κ1) is 7.38. The van der Waals surface area contributed by atoms with Gasteiger partial charge < -0.3 is 0 Å². The molecule has 0 aliphatic carbocycles. The van der Waals surface area contributed by atoms with E-state index < -0.39 is 0 Å². The molecule has 0 nitrogen and oxygen atoms in total. The molecule has 0 amide bonds. The summed E-state index contributed by atoms with van der Waals surface area (Å²) in [5.41, 5.74) is 0. The molecular formula is C5H8ClS. The zero-order valence-corrected chi connectivity index (χ0v) is 5.85. The summed E-state index contributed by atoms with van der Waals surface area (Å²) in [4.78, 5) is 0. The summed E-state index contributed by atoms with van der Waals surface area (Å²) in [6.45, 7) is 2.04. The molecule has 0 atom stereocenters. The Bertz CT molecular complexity index is 68.5. The van der Waals surface area contributed by atoms with Gasteiger partial charge in [-0.3, -0.25) is 0 Å². The summed E-state index contributed by atoms with van der Waals surface area (Å²) in [7, 11) is 0. The summed E-state index contributed by atoms with van der Waals surface area (Å²) in [6.07, 6.45) is 2.91. The van der Waals surface area contributed by atoms with Crippen molar-refractivity contribution in [1.82, 2.24) is 0 Å². The second-order valence-corrected chi connectivity index (χ2v) is 1.98. The van der Waals surface area contributed by atoms with Gasteiger partial charge in [0.25, 0.3) is 0 Å². The molecule has 0 unspecified atom stereocenters. The molecule has 0 N–H and O–H groups in total. The Morgan fingerprint density at radius 2 is 2.43 bits per heavy atom. The van der Waals surface area contributed by atoms with Gasteiger partial charge in [-0.2, -0.15) is 0 Å². The Labute approximate surface area is 55.0 Å². The molecule has 0 aliphatic heterocycles. The largest absolute Gasteiger partial charge is 0.0886 e. The van der Waals surface area contributed by atoms with Crippen LogP contribution in [-0.4, -0.2) is 5.75 Å². The lowest BCUT2D eigenvalue weighted by molar-refractivity contribution is 1.21. The average Bonchev–Trinajstić information content (AvgIpc) is 1.68. The SMILES string of the molecule is CCC=C(Cl)C[S]. The van der Waals surface area contributed by atoms with Gasteiger partial charge in [0.05, 0.1) is 0 Å². The number of rotatable bonds is 2. The zero-order chi connectivity index (χ0) is 5.70. The van der Waals surface area contributed by atoms with Crippen molar-refractivity contribution in [3.63, 3.8) is 0 Å². The third-order valence-corrected chi connectivity index (χ3v) is 1.32. The van der Waals surface area contributed by atoms with Crippen LogP contribution in [0.3, 0.4) is 0 Å². The molecular weight excluding hydrogens is 128 g/mol. The smallest absolute Gasteiger partial charge is 0.0393 e. The fourth-order valence-electron chi connectivity index (χ4n) is 0.280. The minimum Gasteiger partial charge on any atom is -0.0886 e. The number of hydrogen-bond donors (Lipinski definition) is 0. The van der Waals surface area contributed by atoms with Gasteiger partial charge in [-0.25, -0.2) is 0 Å². The highest BCUT2D eigenvalue weighted by Crippen LogP contribution is 2.02. The zero-order valence-electron chi connectivity index (χ0n) is 4.28. The van der Waals surface area contributed by atoms with Gasteiger partial charge in [0.15, 0.2) is 0 Å². The molecule has 0 aromatic rings. The first-order valence-corrected chi connectivity index (χ1v) is 3.19. The van der Waals surface area contributed by atoms with E-state index in [-0.39, 0.29) is 0 Å². The van der Waals surface area contributed by atoms with Crippen LogP contribution in [0.15, 0.2) is 11.1 Å². The van der Waals surface area contributed by atoms with Crippen molar-refractivity contribution in [2.24, 2.45) is 0 Å². The van der Waals surface area contributed by atoms with Crippen LogP contribution < -0.4 is 0 Å². The molecule has 41 valence electrons. The lowest BCUT2D eigenvalue weighted by Gasteiger charge is -1.84. The van der Waals surface area contributed by atoms with E-state index in [1.54, 1.807) is 0 Å². The Morgan fingerprint density at radius 3 is 2.57 bits per heavy atom. The molecule has 0 heterocycles. The van der Waals surface area contributed by atoms with E-state index in [1.807, 2.05) is 13.0 Å². The standard InChI is InChI=1S/C5H8ClS/c1-2-3-5(6)4-7/h3H,2,4H2,1H3. The van der Waals surface area contributed by atoms with Crippen LogP contribution in [0.1, 0.15) is 13.3 Å². The normalized spacial score (nSPS) is 12.1. The second kappa shape index (κ2) is 4.54. The molecule has 0 fully saturated rings. The molecule has 0 saturated heterocycles. The van der Waals surface area contributed by atoms with E-state index in [0.717, 1.165) is 11.5 Å². The summed E-state index contributed by atoms with van der Waals surface area (Å²) in [5.74, 6) is 0.551. The molecule has 0 aromatic heterocycles. The number of halogens is 1. The van der Waals surface area contributed by atoms with Crippen LogP contribution in [0, 0.1) is 0 Å². The van der Waals surface area contributed by atoms with Crippen LogP contribution in [0.5, 0.6) is 0 Å². The van der Waals surface area contributed by atoms with Crippen LogP contribution in [-0.2, 0) is 0 Å². The Morgan fingerprint density at radius 1 is 1.86 bits per heavy atom. The van der Waals surface area contributed by atoms with Crippen LogP contribution in [0.25, 0.3) is 0 Å². The molecule has 0 aromatic carbocycles. The predicted molar refractivity (Wildman–Crippen MR) is 36.7 cm³/mol. The molecule has 7 heavy (non-hydrogen) atoms. The van der Waals surface area contributed by atoms with Gasteiger partial charge in [0, 0.05) is 10.8 Å². The van der Waals surface area contributed by atoms with Crippen LogP contribution in [0.2, 0.25) is 0 Å². The highest BCUT2D eigenvalue weighted by atomic mass is 35.5. The van der Waals surface area contributed by atoms with Gasteiger partial charge >= 0.3 is 0 Å². The van der Waals surface area contributed by atoms with Crippen molar-refractivity contribution in [3.05, 3.63) is 11.1 Å². The van der Waals surface area contributed by atoms with Crippen molar-refractivity contribution in [1.29, 1.82) is 0 Å². The van der Waals surface area contributed by atoms with Crippen molar-refractivity contribution < 1.29 is 0 Å². The molecule has 0 saturated carbocycles. The summed E-state index contributed by atoms with van der Waals surface area (Å²) in [6, 6.07) is 0. The Balaban J connectivity index is 3.29. The first-order valence-electron chi connectivity index (χ1n) is 2.24. The topological polar surface area (TPSA) is 0 Å². The molecule has 0 spiro atoms. The maximum Gasteiger partial charge on any atom is 0.0393 e. The third kappa shape index (κ3) is 4.23. The lowest BCUT2D eigenvalue weighted by atomic mass is 10.4. The van der Waals surface area contributed by atoms with Gasteiger partial charge in [0.1, 0.15) is 0 Å². The van der Waals surface area contributed by atoms with Gasteiger partial charge in [0.2, 0.25) is 0 Å². The Hall–Kier alpha value is 0.380. The minimum absolute atomic E-state index is 0.551. The molecule has 1 radical (unpaired) electrons. The fraction of sp³-hybridized carbons (Fsp3) is 0.600. The minimum atomic E-state index is 0.551. The average molecular weight is 136 g/mol. The third-order valence-electron chi connectivity index (χ3n) is 0.564. The van der Waals surface area contributed by atoms with E-state index in [2.05, 4.69) is 12.6 Å². The van der Waals surface area contributed by atoms with Crippen molar-refractivity contribution in [2.75, 3.05) is 5.75 Å². The van der Waals surface area contributed by atoms with E-state index >= 15 is 0 Å². The van der Waals surface area contributed by atoms with Crippen LogP contribution >= 0.6 is 24.2 Å². The quantitative estimate of drug-likeness (QED) is 0.546. The maximum atomic E-state index is 5.52. The second-order valence-electron chi connectivity index (χ2n) is 1.20. The molecule has 0 aliphatic rings. The summed E-state index contributed by atoms with van der Waals surface area (Å²) >= 11 is 10.2. The first-order chi connectivity index (χ1) is 3.31. The van der Waals surface area contributed by atoms with E-state index in [4.69, 9.17) is 11.6 Å². The predicted octanol–water partition coefficient (Wildman–Crippen LogP) is 2.72. The van der Waals surface area contributed by atoms with Gasteiger partial charge in [-0.05, 0) is 6.42 Å². The molecule has 0 rings (SSSR count). The van der Waals surface area contributed by atoms with Crippen LogP contribution in [0.4, 0.5) is 0 Å².